The van der Waals surface area contributed by atoms with E-state index in [9.17, 15) is 26.8 Å². The van der Waals surface area contributed by atoms with Crippen LogP contribution in [0.5, 0.6) is 0 Å². The summed E-state index contributed by atoms with van der Waals surface area (Å²) in [5.74, 6) is -2.93. The molecule has 0 bridgehead atoms. The van der Waals surface area contributed by atoms with Crippen LogP contribution in [0.3, 0.4) is 0 Å². The second-order valence-electron chi connectivity index (χ2n) is 7.51. The van der Waals surface area contributed by atoms with E-state index in [4.69, 9.17) is 0 Å². The van der Waals surface area contributed by atoms with Crippen LogP contribution >= 0.6 is 0 Å². The van der Waals surface area contributed by atoms with Crippen LogP contribution in [0, 0.1) is 11.6 Å². The molecule has 3 aromatic rings. The summed E-state index contributed by atoms with van der Waals surface area (Å²) in [6.07, 6.45) is 0. The lowest BCUT2D eigenvalue weighted by molar-refractivity contribution is 0.102. The molecule has 178 valence electrons. The van der Waals surface area contributed by atoms with Crippen molar-refractivity contribution >= 4 is 39.0 Å². The van der Waals surface area contributed by atoms with E-state index in [1.165, 1.54) is 24.3 Å². The van der Waals surface area contributed by atoms with Gasteiger partial charge in [0.25, 0.3) is 15.9 Å². The minimum Gasteiger partial charge on any atom is -0.336 e. The molecule has 0 unspecified atom stereocenters. The standard InChI is InChI=1S/C23H22F2N4O4S/c1-14(2)26-23(31)28-21-6-4-3-5-18(21)22(30)27-15-7-9-16(10-8-15)29-34(32,33)17-11-12-19(24)20(25)13-17/h3-14,29H,1-2H3,(H,27,30)(H2,26,28,31). The maximum atomic E-state index is 13.4. The Morgan fingerprint density at radius 3 is 2.12 bits per heavy atom. The molecule has 0 heterocycles. The Morgan fingerprint density at radius 1 is 0.824 bits per heavy atom. The number of sulfonamides is 1. The molecule has 0 saturated heterocycles. The topological polar surface area (TPSA) is 116 Å². The van der Waals surface area contributed by atoms with Crippen LogP contribution in [0.25, 0.3) is 0 Å². The molecular weight excluding hydrogens is 466 g/mol. The van der Waals surface area contributed by atoms with Crippen molar-refractivity contribution in [1.29, 1.82) is 0 Å². The summed E-state index contributed by atoms with van der Waals surface area (Å²) in [6.45, 7) is 3.61. The van der Waals surface area contributed by atoms with Gasteiger partial charge in [0.15, 0.2) is 11.6 Å². The van der Waals surface area contributed by atoms with Crippen LogP contribution in [-0.2, 0) is 10.0 Å². The number of hydrogen-bond donors (Lipinski definition) is 4. The van der Waals surface area contributed by atoms with E-state index < -0.39 is 38.5 Å². The third-order valence-electron chi connectivity index (χ3n) is 4.44. The van der Waals surface area contributed by atoms with E-state index in [0.29, 0.717) is 17.4 Å². The highest BCUT2D eigenvalue weighted by atomic mass is 32.2. The maximum absolute atomic E-state index is 13.4. The van der Waals surface area contributed by atoms with Crippen molar-refractivity contribution in [2.24, 2.45) is 0 Å². The van der Waals surface area contributed by atoms with Gasteiger partial charge < -0.3 is 16.0 Å². The molecule has 0 aliphatic heterocycles. The van der Waals surface area contributed by atoms with Gasteiger partial charge in [0.2, 0.25) is 0 Å². The van der Waals surface area contributed by atoms with Crippen molar-refractivity contribution < 1.29 is 26.8 Å². The van der Waals surface area contributed by atoms with Crippen molar-refractivity contribution in [3.63, 3.8) is 0 Å². The number of hydrogen-bond acceptors (Lipinski definition) is 4. The predicted molar refractivity (Wildman–Crippen MR) is 125 cm³/mol. The van der Waals surface area contributed by atoms with Gasteiger partial charge in [-0.05, 0) is 68.4 Å². The van der Waals surface area contributed by atoms with E-state index in [2.05, 4.69) is 20.7 Å². The quantitative estimate of drug-likeness (QED) is 0.390. The summed E-state index contributed by atoms with van der Waals surface area (Å²) in [5.41, 5.74) is 1.05. The summed E-state index contributed by atoms with van der Waals surface area (Å²) in [6, 6.07) is 13.9. The second kappa shape index (κ2) is 10.3. The number of nitrogens with one attached hydrogen (secondary N) is 4. The van der Waals surface area contributed by atoms with Gasteiger partial charge >= 0.3 is 6.03 Å². The van der Waals surface area contributed by atoms with Crippen molar-refractivity contribution in [3.8, 4) is 0 Å². The number of rotatable bonds is 7. The van der Waals surface area contributed by atoms with Gasteiger partial charge in [0, 0.05) is 17.4 Å². The Hall–Kier alpha value is -3.99. The number of halogens is 2. The molecule has 0 radical (unpaired) electrons. The highest BCUT2D eigenvalue weighted by molar-refractivity contribution is 7.92. The number of carbonyl (C=O) groups is 2. The Bertz CT molecular complexity index is 1310. The molecule has 0 aliphatic rings. The zero-order valence-corrected chi connectivity index (χ0v) is 19.0. The first-order chi connectivity index (χ1) is 16.0. The van der Waals surface area contributed by atoms with Crippen molar-refractivity contribution in [1.82, 2.24) is 5.32 Å². The Balaban J connectivity index is 1.70. The SMILES string of the molecule is CC(C)NC(=O)Nc1ccccc1C(=O)Nc1ccc(NS(=O)(=O)c2ccc(F)c(F)c2)cc1. The first-order valence-electron chi connectivity index (χ1n) is 10.1. The molecule has 3 rings (SSSR count). The zero-order valence-electron chi connectivity index (χ0n) is 18.2. The van der Waals surface area contributed by atoms with Crippen LogP contribution in [0.4, 0.5) is 30.6 Å². The number of para-hydroxylation sites is 1. The largest absolute Gasteiger partial charge is 0.336 e. The van der Waals surface area contributed by atoms with Crippen molar-refractivity contribution in [3.05, 3.63) is 83.9 Å². The monoisotopic (exact) mass is 488 g/mol. The van der Waals surface area contributed by atoms with Gasteiger partial charge in [0.1, 0.15) is 0 Å². The minimum absolute atomic E-state index is 0.0843. The van der Waals surface area contributed by atoms with Gasteiger partial charge in [-0.2, -0.15) is 0 Å². The molecule has 8 nitrogen and oxygen atoms in total. The summed E-state index contributed by atoms with van der Waals surface area (Å²) >= 11 is 0. The average Bonchev–Trinajstić information content (AvgIpc) is 2.76. The minimum atomic E-state index is -4.15. The number of urea groups is 1. The van der Waals surface area contributed by atoms with Crippen LogP contribution < -0.4 is 20.7 Å². The summed E-state index contributed by atoms with van der Waals surface area (Å²) in [5, 5.41) is 7.97. The van der Waals surface area contributed by atoms with E-state index in [0.717, 1.165) is 12.1 Å². The van der Waals surface area contributed by atoms with Crippen molar-refractivity contribution in [2.45, 2.75) is 24.8 Å². The van der Waals surface area contributed by atoms with Gasteiger partial charge in [-0.3, -0.25) is 9.52 Å². The zero-order chi connectivity index (χ0) is 24.9. The number of anilines is 3. The average molecular weight is 489 g/mol. The Labute approximate surface area is 195 Å². The van der Waals surface area contributed by atoms with Crippen LogP contribution in [0.15, 0.2) is 71.6 Å². The molecule has 3 aromatic carbocycles. The normalized spacial score (nSPS) is 11.1. The molecule has 0 aliphatic carbocycles. The molecule has 11 heteroatoms. The number of amides is 3. The lowest BCUT2D eigenvalue weighted by Gasteiger charge is -2.14. The Morgan fingerprint density at radius 2 is 1.47 bits per heavy atom. The number of benzene rings is 3. The van der Waals surface area contributed by atoms with Gasteiger partial charge in [-0.15, -0.1) is 0 Å². The lowest BCUT2D eigenvalue weighted by Crippen LogP contribution is -2.34. The summed E-state index contributed by atoms with van der Waals surface area (Å²) < 4.78 is 53.5. The third-order valence-corrected chi connectivity index (χ3v) is 5.81. The van der Waals surface area contributed by atoms with Gasteiger partial charge in [-0.25, -0.2) is 22.0 Å². The third kappa shape index (κ3) is 6.29. The fraction of sp³-hybridized carbons (Fsp3) is 0.130. The molecule has 0 saturated carbocycles. The van der Waals surface area contributed by atoms with Gasteiger partial charge in [-0.1, -0.05) is 12.1 Å². The lowest BCUT2D eigenvalue weighted by atomic mass is 10.1. The molecular formula is C23H22F2N4O4S. The van der Waals surface area contributed by atoms with E-state index in [1.807, 2.05) is 0 Å². The summed E-state index contributed by atoms with van der Waals surface area (Å²) in [7, 11) is -4.15. The predicted octanol–water partition coefficient (Wildman–Crippen LogP) is 4.55. The molecule has 0 aromatic heterocycles. The van der Waals surface area contributed by atoms with Crippen LogP contribution in [-0.4, -0.2) is 26.4 Å². The smallest absolute Gasteiger partial charge is 0.319 e. The Kier molecular flexibility index (Phi) is 7.47. The first-order valence-corrected chi connectivity index (χ1v) is 11.6. The molecule has 0 atom stereocenters. The molecule has 0 spiro atoms. The van der Waals surface area contributed by atoms with Crippen LogP contribution in [0.2, 0.25) is 0 Å². The van der Waals surface area contributed by atoms with E-state index in [1.54, 1.807) is 38.1 Å². The van der Waals surface area contributed by atoms with E-state index >= 15 is 0 Å². The molecule has 0 fully saturated rings. The highest BCUT2D eigenvalue weighted by Gasteiger charge is 2.17. The summed E-state index contributed by atoms with van der Waals surface area (Å²) in [4.78, 5) is 24.3. The number of carbonyl (C=O) groups excluding carboxylic acids is 2. The molecule has 3 amide bonds. The van der Waals surface area contributed by atoms with Gasteiger partial charge in [0.05, 0.1) is 16.1 Å². The highest BCUT2D eigenvalue weighted by Crippen LogP contribution is 2.21. The first kappa shape index (κ1) is 24.6. The van der Waals surface area contributed by atoms with E-state index in [-0.39, 0.29) is 17.3 Å². The molecule has 4 N–H and O–H groups in total. The fourth-order valence-electron chi connectivity index (χ4n) is 2.89. The molecule has 34 heavy (non-hydrogen) atoms. The van der Waals surface area contributed by atoms with Crippen molar-refractivity contribution in [2.75, 3.05) is 15.4 Å². The fourth-order valence-corrected chi connectivity index (χ4v) is 3.96. The second-order valence-corrected chi connectivity index (χ2v) is 9.19. The maximum Gasteiger partial charge on any atom is 0.319 e. The van der Waals surface area contributed by atoms with Crippen LogP contribution in [0.1, 0.15) is 24.2 Å².